The molecule has 0 spiro atoms. The molecule has 0 radical (unpaired) electrons. The summed E-state index contributed by atoms with van der Waals surface area (Å²) in [4.78, 5) is 16.5. The van der Waals surface area contributed by atoms with Crippen molar-refractivity contribution in [2.75, 3.05) is 20.3 Å². The summed E-state index contributed by atoms with van der Waals surface area (Å²) < 4.78 is 21.8. The first-order valence-corrected chi connectivity index (χ1v) is 8.16. The molecule has 0 bridgehead atoms. The minimum absolute atomic E-state index is 0.124. The van der Waals surface area contributed by atoms with Crippen LogP contribution in [-0.4, -0.2) is 54.3 Å². The number of fused-ring (bicyclic) bond motifs is 1. The number of pyridine rings is 1. The molecular formula is C17H26N2O6. The molecule has 0 fully saturated rings. The van der Waals surface area contributed by atoms with Gasteiger partial charge in [-0.05, 0) is 33.8 Å². The van der Waals surface area contributed by atoms with Gasteiger partial charge in [0, 0.05) is 11.6 Å². The quantitative estimate of drug-likeness (QED) is 0.832. The molecule has 0 unspecified atom stereocenters. The molecule has 1 aliphatic heterocycles. The van der Waals surface area contributed by atoms with Crippen molar-refractivity contribution >= 4 is 6.09 Å². The van der Waals surface area contributed by atoms with Crippen LogP contribution in [0, 0.1) is 0 Å². The van der Waals surface area contributed by atoms with E-state index in [1.807, 2.05) is 0 Å². The van der Waals surface area contributed by atoms with Crippen molar-refractivity contribution in [3.05, 3.63) is 17.7 Å². The van der Waals surface area contributed by atoms with E-state index in [2.05, 4.69) is 10.3 Å². The summed E-state index contributed by atoms with van der Waals surface area (Å²) in [6.45, 7) is 7.30. The van der Waals surface area contributed by atoms with Crippen LogP contribution >= 0.6 is 0 Å². The number of methoxy groups -OCH3 is 1. The summed E-state index contributed by atoms with van der Waals surface area (Å²) in [6.07, 6.45) is -1.67. The number of aromatic nitrogens is 1. The predicted molar refractivity (Wildman–Crippen MR) is 89.8 cm³/mol. The van der Waals surface area contributed by atoms with E-state index in [0.717, 1.165) is 0 Å². The van der Waals surface area contributed by atoms with E-state index in [9.17, 15) is 9.90 Å². The highest BCUT2D eigenvalue weighted by atomic mass is 16.6. The summed E-state index contributed by atoms with van der Waals surface area (Å²) in [7, 11) is 1.52. The van der Waals surface area contributed by atoms with E-state index in [1.165, 1.54) is 7.11 Å². The summed E-state index contributed by atoms with van der Waals surface area (Å²) in [6, 6.07) is 2.93. The van der Waals surface area contributed by atoms with Crippen LogP contribution in [0.4, 0.5) is 4.79 Å². The fourth-order valence-electron chi connectivity index (χ4n) is 2.37. The van der Waals surface area contributed by atoms with Crippen molar-refractivity contribution in [2.45, 2.75) is 51.5 Å². The number of aliphatic hydroxyl groups is 1. The van der Waals surface area contributed by atoms with E-state index in [1.54, 1.807) is 39.8 Å². The molecule has 2 heterocycles. The molecule has 0 saturated carbocycles. The third kappa shape index (κ3) is 5.47. The smallest absolute Gasteiger partial charge is 0.408 e. The molecule has 0 aromatic carbocycles. The number of ether oxygens (including phenoxy) is 4. The Hall–Kier alpha value is -2.06. The van der Waals surface area contributed by atoms with Crippen molar-refractivity contribution in [3.63, 3.8) is 0 Å². The van der Waals surface area contributed by atoms with E-state index < -0.39 is 29.9 Å². The average molecular weight is 354 g/mol. The predicted octanol–water partition coefficient (Wildman–Crippen LogP) is 1.81. The zero-order valence-corrected chi connectivity index (χ0v) is 15.2. The molecule has 1 aromatic heterocycles. The van der Waals surface area contributed by atoms with Gasteiger partial charge < -0.3 is 29.4 Å². The molecule has 8 nitrogen and oxygen atoms in total. The minimum atomic E-state index is -0.627. The Morgan fingerprint density at radius 3 is 2.80 bits per heavy atom. The van der Waals surface area contributed by atoms with Crippen LogP contribution in [0.1, 0.15) is 39.3 Å². The first-order valence-electron chi connectivity index (χ1n) is 8.16. The number of aliphatic hydroxyl groups excluding tert-OH is 1. The summed E-state index contributed by atoms with van der Waals surface area (Å²) in [5.74, 6) is 0.787. The molecule has 8 heteroatoms. The van der Waals surface area contributed by atoms with E-state index >= 15 is 0 Å². The number of alkyl carbamates (subject to hydrolysis) is 1. The highest BCUT2D eigenvalue weighted by Crippen LogP contribution is 2.34. The maximum atomic E-state index is 12.2. The highest BCUT2D eigenvalue weighted by molar-refractivity contribution is 5.68. The Balaban J connectivity index is 2.22. The SMILES string of the molecule is COc1ccc2c(n1)OC[C@@H](OC[C@H](C)O)[C@H]2NC(=O)OC(C)(C)C. The molecule has 0 aliphatic carbocycles. The van der Waals surface area contributed by atoms with Gasteiger partial charge in [0.2, 0.25) is 11.8 Å². The van der Waals surface area contributed by atoms with Gasteiger partial charge in [0.1, 0.15) is 18.3 Å². The largest absolute Gasteiger partial charge is 0.481 e. The standard InChI is InChI=1S/C17H26N2O6/c1-10(20)8-23-12-9-24-15-11(6-7-13(18-15)22-5)14(12)19-16(21)25-17(2,3)4/h6-7,10,12,14,20H,8-9H2,1-5H3,(H,19,21)/t10-,12+,14-/m0/s1. The van der Waals surface area contributed by atoms with Crippen LogP contribution in [-0.2, 0) is 9.47 Å². The second-order valence-electron chi connectivity index (χ2n) is 6.90. The van der Waals surface area contributed by atoms with Gasteiger partial charge in [-0.3, -0.25) is 0 Å². The molecule has 2 rings (SSSR count). The Labute approximate surface area is 147 Å². The van der Waals surface area contributed by atoms with Crippen LogP contribution in [0.25, 0.3) is 0 Å². The Bertz CT molecular complexity index is 599. The average Bonchev–Trinajstić information content (AvgIpc) is 2.51. The monoisotopic (exact) mass is 354 g/mol. The summed E-state index contributed by atoms with van der Waals surface area (Å²) in [5, 5.41) is 12.3. The lowest BCUT2D eigenvalue weighted by Crippen LogP contribution is -2.45. The van der Waals surface area contributed by atoms with Gasteiger partial charge in [-0.1, -0.05) is 0 Å². The van der Waals surface area contributed by atoms with Crippen molar-refractivity contribution in [2.24, 2.45) is 0 Å². The summed E-state index contributed by atoms with van der Waals surface area (Å²) >= 11 is 0. The van der Waals surface area contributed by atoms with Crippen molar-refractivity contribution < 1.29 is 28.8 Å². The normalized spacial score (nSPS) is 20.9. The summed E-state index contributed by atoms with van der Waals surface area (Å²) in [5.41, 5.74) is 0.0418. The third-order valence-corrected chi connectivity index (χ3v) is 3.39. The maximum Gasteiger partial charge on any atom is 0.408 e. The Morgan fingerprint density at radius 2 is 2.20 bits per heavy atom. The molecule has 140 valence electrons. The number of carbonyl (C=O) groups is 1. The molecule has 25 heavy (non-hydrogen) atoms. The number of rotatable bonds is 5. The fraction of sp³-hybridized carbons (Fsp3) is 0.647. The number of hydrogen-bond donors (Lipinski definition) is 2. The number of carbonyl (C=O) groups excluding carboxylic acids is 1. The van der Waals surface area contributed by atoms with Crippen LogP contribution in [0.2, 0.25) is 0 Å². The lowest BCUT2D eigenvalue weighted by molar-refractivity contribution is -0.0497. The van der Waals surface area contributed by atoms with Crippen LogP contribution in [0.15, 0.2) is 12.1 Å². The molecule has 1 aromatic rings. The number of nitrogens with one attached hydrogen (secondary N) is 1. The van der Waals surface area contributed by atoms with Gasteiger partial charge >= 0.3 is 6.09 Å². The van der Waals surface area contributed by atoms with E-state index in [4.69, 9.17) is 18.9 Å². The van der Waals surface area contributed by atoms with E-state index in [-0.39, 0.29) is 13.2 Å². The number of nitrogens with zero attached hydrogens (tertiary/aromatic N) is 1. The van der Waals surface area contributed by atoms with Gasteiger partial charge in [0.15, 0.2) is 0 Å². The minimum Gasteiger partial charge on any atom is -0.481 e. The Kier molecular flexibility index (Phi) is 6.07. The zero-order chi connectivity index (χ0) is 18.6. The molecule has 2 N–H and O–H groups in total. The fourth-order valence-corrected chi connectivity index (χ4v) is 2.37. The van der Waals surface area contributed by atoms with Gasteiger partial charge in [-0.25, -0.2) is 4.79 Å². The van der Waals surface area contributed by atoms with Crippen LogP contribution in [0.3, 0.4) is 0 Å². The number of hydrogen-bond acceptors (Lipinski definition) is 7. The van der Waals surface area contributed by atoms with Gasteiger partial charge in [0.05, 0.1) is 25.9 Å². The lowest BCUT2D eigenvalue weighted by Gasteiger charge is -2.34. The van der Waals surface area contributed by atoms with Crippen LogP contribution in [0.5, 0.6) is 11.8 Å². The highest BCUT2D eigenvalue weighted by Gasteiger charge is 2.35. The second kappa shape index (κ2) is 7.88. The van der Waals surface area contributed by atoms with Crippen molar-refractivity contribution in [1.29, 1.82) is 0 Å². The molecule has 3 atom stereocenters. The van der Waals surface area contributed by atoms with E-state index in [0.29, 0.717) is 17.3 Å². The number of amides is 1. The molecule has 1 amide bonds. The van der Waals surface area contributed by atoms with Crippen molar-refractivity contribution in [3.8, 4) is 11.8 Å². The van der Waals surface area contributed by atoms with Crippen molar-refractivity contribution in [1.82, 2.24) is 10.3 Å². The molecular weight excluding hydrogens is 328 g/mol. The molecule has 0 saturated heterocycles. The first-order chi connectivity index (χ1) is 11.7. The van der Waals surface area contributed by atoms with Gasteiger partial charge in [-0.15, -0.1) is 0 Å². The van der Waals surface area contributed by atoms with Gasteiger partial charge in [0.25, 0.3) is 0 Å². The maximum absolute atomic E-state index is 12.2. The van der Waals surface area contributed by atoms with Crippen LogP contribution < -0.4 is 14.8 Å². The Morgan fingerprint density at radius 1 is 1.48 bits per heavy atom. The van der Waals surface area contributed by atoms with Gasteiger partial charge in [-0.2, -0.15) is 4.98 Å². The second-order valence-corrected chi connectivity index (χ2v) is 6.90. The zero-order valence-electron chi connectivity index (χ0n) is 15.2. The third-order valence-electron chi connectivity index (χ3n) is 3.39. The topological polar surface area (TPSA) is 99.1 Å². The molecule has 1 aliphatic rings. The lowest BCUT2D eigenvalue weighted by atomic mass is 10.0. The first kappa shape index (κ1) is 19.3.